The lowest BCUT2D eigenvalue weighted by Gasteiger charge is -2.09. The maximum Gasteiger partial charge on any atom is 0.306 e. The Balaban J connectivity index is 0. The molecule has 0 rings (SSSR count). The SMILES string of the molecule is Br.CCCCCCC(CCC)C(=O)O. The van der Waals surface area contributed by atoms with E-state index in [4.69, 9.17) is 5.11 Å². The first-order valence-corrected chi connectivity index (χ1v) is 5.45. The summed E-state index contributed by atoms with van der Waals surface area (Å²) in [6.45, 7) is 4.21. The molecule has 2 nitrogen and oxygen atoms in total. The van der Waals surface area contributed by atoms with E-state index in [1.54, 1.807) is 0 Å². The van der Waals surface area contributed by atoms with Crippen molar-refractivity contribution >= 4 is 23.0 Å². The van der Waals surface area contributed by atoms with Gasteiger partial charge in [0.05, 0.1) is 5.92 Å². The highest BCUT2D eigenvalue weighted by atomic mass is 79.9. The molecule has 0 bridgehead atoms. The van der Waals surface area contributed by atoms with Crippen molar-refractivity contribution in [2.75, 3.05) is 0 Å². The van der Waals surface area contributed by atoms with E-state index in [0.717, 1.165) is 25.7 Å². The van der Waals surface area contributed by atoms with Crippen LogP contribution in [0.4, 0.5) is 0 Å². The van der Waals surface area contributed by atoms with Gasteiger partial charge in [0.1, 0.15) is 0 Å². The van der Waals surface area contributed by atoms with E-state index >= 15 is 0 Å². The third-order valence-corrected chi connectivity index (χ3v) is 2.39. The Bertz CT molecular complexity index is 137. The second kappa shape index (κ2) is 11.0. The van der Waals surface area contributed by atoms with Crippen LogP contribution in [0.15, 0.2) is 0 Å². The Morgan fingerprint density at radius 1 is 1.07 bits per heavy atom. The predicted molar refractivity (Wildman–Crippen MR) is 65.1 cm³/mol. The Kier molecular flexibility index (Phi) is 12.9. The van der Waals surface area contributed by atoms with Crippen molar-refractivity contribution in [2.24, 2.45) is 5.92 Å². The topological polar surface area (TPSA) is 37.3 Å². The molecule has 0 amide bonds. The quantitative estimate of drug-likeness (QED) is 0.674. The van der Waals surface area contributed by atoms with E-state index in [1.165, 1.54) is 19.3 Å². The highest BCUT2D eigenvalue weighted by molar-refractivity contribution is 8.93. The normalized spacial score (nSPS) is 11.9. The van der Waals surface area contributed by atoms with Crippen LogP contribution in [-0.4, -0.2) is 11.1 Å². The fourth-order valence-corrected chi connectivity index (χ4v) is 1.56. The third-order valence-electron chi connectivity index (χ3n) is 2.39. The van der Waals surface area contributed by atoms with Crippen molar-refractivity contribution in [1.82, 2.24) is 0 Å². The summed E-state index contributed by atoms with van der Waals surface area (Å²) in [4.78, 5) is 10.8. The largest absolute Gasteiger partial charge is 0.481 e. The zero-order chi connectivity index (χ0) is 10.1. The van der Waals surface area contributed by atoms with Gasteiger partial charge in [-0.1, -0.05) is 46.0 Å². The summed E-state index contributed by atoms with van der Waals surface area (Å²) >= 11 is 0. The molecule has 14 heavy (non-hydrogen) atoms. The van der Waals surface area contributed by atoms with Crippen LogP contribution in [-0.2, 0) is 4.79 Å². The molecule has 0 heterocycles. The van der Waals surface area contributed by atoms with Gasteiger partial charge < -0.3 is 5.11 Å². The van der Waals surface area contributed by atoms with E-state index in [2.05, 4.69) is 6.92 Å². The zero-order valence-electron chi connectivity index (χ0n) is 9.29. The first kappa shape index (κ1) is 16.4. The van der Waals surface area contributed by atoms with Crippen molar-refractivity contribution in [2.45, 2.75) is 58.8 Å². The van der Waals surface area contributed by atoms with Gasteiger partial charge in [-0.2, -0.15) is 0 Å². The van der Waals surface area contributed by atoms with Gasteiger partial charge in [0.15, 0.2) is 0 Å². The number of halogens is 1. The fourth-order valence-electron chi connectivity index (χ4n) is 1.56. The van der Waals surface area contributed by atoms with Gasteiger partial charge in [-0.15, -0.1) is 17.0 Å². The Labute approximate surface area is 97.9 Å². The number of carbonyl (C=O) groups is 1. The van der Waals surface area contributed by atoms with Crippen LogP contribution >= 0.6 is 17.0 Å². The summed E-state index contributed by atoms with van der Waals surface area (Å²) in [5.74, 6) is -0.708. The van der Waals surface area contributed by atoms with Crippen molar-refractivity contribution in [3.8, 4) is 0 Å². The number of aliphatic carboxylic acids is 1. The molecule has 1 atom stereocenters. The molecule has 0 spiro atoms. The lowest BCUT2D eigenvalue weighted by molar-refractivity contribution is -0.142. The Morgan fingerprint density at radius 3 is 2.14 bits per heavy atom. The van der Waals surface area contributed by atoms with Crippen LogP contribution in [0.25, 0.3) is 0 Å². The first-order valence-electron chi connectivity index (χ1n) is 5.45. The third kappa shape index (κ3) is 8.54. The van der Waals surface area contributed by atoms with Gasteiger partial charge in [0.2, 0.25) is 0 Å². The molecule has 0 aliphatic rings. The summed E-state index contributed by atoms with van der Waals surface area (Å²) in [5, 5.41) is 8.86. The molecule has 1 unspecified atom stereocenters. The molecule has 0 saturated heterocycles. The molecule has 0 aromatic rings. The number of rotatable bonds is 8. The molecule has 0 fully saturated rings. The second-order valence-corrected chi connectivity index (χ2v) is 3.67. The van der Waals surface area contributed by atoms with Gasteiger partial charge in [0, 0.05) is 0 Å². The predicted octanol–water partition coefficient (Wildman–Crippen LogP) is 4.04. The van der Waals surface area contributed by atoms with Crippen LogP contribution in [0.5, 0.6) is 0 Å². The minimum absolute atomic E-state index is 0. The number of carboxylic acid groups (broad SMARTS) is 1. The van der Waals surface area contributed by atoms with Crippen LogP contribution in [0.3, 0.4) is 0 Å². The Morgan fingerprint density at radius 2 is 1.71 bits per heavy atom. The molecule has 0 aliphatic carbocycles. The summed E-state index contributed by atoms with van der Waals surface area (Å²) in [6, 6.07) is 0. The van der Waals surface area contributed by atoms with Crippen molar-refractivity contribution < 1.29 is 9.90 Å². The summed E-state index contributed by atoms with van der Waals surface area (Å²) in [6.07, 6.45) is 7.38. The molecule has 0 aliphatic heterocycles. The number of hydrogen-bond donors (Lipinski definition) is 1. The fraction of sp³-hybridized carbons (Fsp3) is 0.909. The average Bonchev–Trinajstić information content (AvgIpc) is 2.10. The maximum absolute atomic E-state index is 10.8. The van der Waals surface area contributed by atoms with Crippen molar-refractivity contribution in [3.05, 3.63) is 0 Å². The van der Waals surface area contributed by atoms with E-state index in [0.29, 0.717) is 0 Å². The van der Waals surface area contributed by atoms with E-state index in [-0.39, 0.29) is 22.9 Å². The van der Waals surface area contributed by atoms with Crippen LogP contribution in [0.2, 0.25) is 0 Å². The van der Waals surface area contributed by atoms with Gasteiger partial charge in [-0.25, -0.2) is 0 Å². The monoisotopic (exact) mass is 266 g/mol. The molecule has 86 valence electrons. The molecule has 0 radical (unpaired) electrons. The highest BCUT2D eigenvalue weighted by Crippen LogP contribution is 2.16. The smallest absolute Gasteiger partial charge is 0.306 e. The van der Waals surface area contributed by atoms with Gasteiger partial charge in [-0.3, -0.25) is 4.79 Å². The maximum atomic E-state index is 10.8. The van der Waals surface area contributed by atoms with E-state index in [1.807, 2.05) is 6.92 Å². The second-order valence-electron chi connectivity index (χ2n) is 3.67. The lowest BCUT2D eigenvalue weighted by atomic mass is 9.96. The minimum Gasteiger partial charge on any atom is -0.481 e. The number of unbranched alkanes of at least 4 members (excludes halogenated alkanes) is 3. The average molecular weight is 267 g/mol. The van der Waals surface area contributed by atoms with Crippen molar-refractivity contribution in [3.63, 3.8) is 0 Å². The van der Waals surface area contributed by atoms with Crippen LogP contribution in [0, 0.1) is 5.92 Å². The molecule has 0 saturated carbocycles. The molecule has 3 heteroatoms. The van der Waals surface area contributed by atoms with E-state index in [9.17, 15) is 4.79 Å². The van der Waals surface area contributed by atoms with Crippen molar-refractivity contribution in [1.29, 1.82) is 0 Å². The Hall–Kier alpha value is -0.0500. The number of carboxylic acids is 1. The van der Waals surface area contributed by atoms with Crippen LogP contribution in [0.1, 0.15) is 58.8 Å². The molecule has 0 aromatic heterocycles. The summed E-state index contributed by atoms with van der Waals surface area (Å²) < 4.78 is 0. The lowest BCUT2D eigenvalue weighted by Crippen LogP contribution is -2.13. The van der Waals surface area contributed by atoms with Gasteiger partial charge in [-0.05, 0) is 12.8 Å². The van der Waals surface area contributed by atoms with Gasteiger partial charge >= 0.3 is 5.97 Å². The number of hydrogen-bond acceptors (Lipinski definition) is 1. The van der Waals surface area contributed by atoms with E-state index < -0.39 is 5.97 Å². The minimum atomic E-state index is -0.613. The van der Waals surface area contributed by atoms with Gasteiger partial charge in [0.25, 0.3) is 0 Å². The van der Waals surface area contributed by atoms with Crippen LogP contribution < -0.4 is 0 Å². The zero-order valence-corrected chi connectivity index (χ0v) is 11.0. The molecular weight excluding hydrogens is 244 g/mol. The molecule has 0 aromatic carbocycles. The summed E-state index contributed by atoms with van der Waals surface area (Å²) in [7, 11) is 0. The molecular formula is C11H23BrO2. The standard InChI is InChI=1S/C11H22O2.BrH/c1-3-5-6-7-9-10(8-4-2)11(12)13;/h10H,3-9H2,1-2H3,(H,12,13);1H. The summed E-state index contributed by atoms with van der Waals surface area (Å²) in [5.41, 5.74) is 0. The first-order chi connectivity index (χ1) is 6.22. The molecule has 1 N–H and O–H groups in total. The highest BCUT2D eigenvalue weighted by Gasteiger charge is 2.14.